The molecule has 0 saturated carbocycles. The number of esters is 1. The molecule has 1 aliphatic heterocycles. The number of halogens is 1. The minimum Gasteiger partial charge on any atom is -0.448 e. The van der Waals surface area contributed by atoms with E-state index < -0.39 is 12.1 Å². The molecule has 0 fully saturated rings. The summed E-state index contributed by atoms with van der Waals surface area (Å²) in [4.78, 5) is 24.8. The van der Waals surface area contributed by atoms with E-state index in [0.29, 0.717) is 17.7 Å². The SMILES string of the molecule is O=C1OC(C(=O)Nc2cccc3ccccc23)Cc2cc(Br)ccc21. The molecule has 0 aromatic heterocycles. The molecule has 3 aromatic rings. The average Bonchev–Trinajstić information content (AvgIpc) is 2.61. The minimum atomic E-state index is -0.840. The molecule has 1 amide bonds. The van der Waals surface area contributed by atoms with Gasteiger partial charge in [0.15, 0.2) is 6.10 Å². The molecule has 4 nitrogen and oxygen atoms in total. The number of cyclic esters (lactones) is 1. The number of fused-ring (bicyclic) bond motifs is 2. The number of carbonyl (C=O) groups excluding carboxylic acids is 2. The number of hydrogen-bond donors (Lipinski definition) is 1. The summed E-state index contributed by atoms with van der Waals surface area (Å²) < 4.78 is 6.20. The van der Waals surface area contributed by atoms with Gasteiger partial charge in [-0.25, -0.2) is 4.79 Å². The van der Waals surface area contributed by atoms with Crippen molar-refractivity contribution in [3.05, 3.63) is 76.3 Å². The fourth-order valence-corrected chi connectivity index (χ4v) is 3.47. The Morgan fingerprint density at radius 3 is 2.76 bits per heavy atom. The molecule has 1 aliphatic rings. The second kappa shape index (κ2) is 6.33. The summed E-state index contributed by atoms with van der Waals surface area (Å²) in [5, 5.41) is 4.88. The Kier molecular flexibility index (Phi) is 4.01. The van der Waals surface area contributed by atoms with Gasteiger partial charge in [0.25, 0.3) is 5.91 Å². The summed E-state index contributed by atoms with van der Waals surface area (Å²) in [6, 6.07) is 18.9. The summed E-state index contributed by atoms with van der Waals surface area (Å²) >= 11 is 3.40. The highest BCUT2D eigenvalue weighted by Gasteiger charge is 2.31. The van der Waals surface area contributed by atoms with E-state index in [9.17, 15) is 9.59 Å². The van der Waals surface area contributed by atoms with Crippen LogP contribution in [0, 0.1) is 0 Å². The van der Waals surface area contributed by atoms with Crippen LogP contribution in [0.15, 0.2) is 65.1 Å². The number of rotatable bonds is 2. The van der Waals surface area contributed by atoms with Crippen molar-refractivity contribution in [2.75, 3.05) is 5.32 Å². The minimum absolute atomic E-state index is 0.324. The molecule has 0 radical (unpaired) electrons. The fraction of sp³-hybridized carbons (Fsp3) is 0.100. The summed E-state index contributed by atoms with van der Waals surface area (Å²) in [5.41, 5.74) is 2.03. The summed E-state index contributed by atoms with van der Waals surface area (Å²) in [7, 11) is 0. The van der Waals surface area contributed by atoms with E-state index in [1.165, 1.54) is 0 Å². The largest absolute Gasteiger partial charge is 0.448 e. The molecule has 124 valence electrons. The normalized spacial score (nSPS) is 16.2. The maximum absolute atomic E-state index is 12.7. The number of nitrogens with one attached hydrogen (secondary N) is 1. The van der Waals surface area contributed by atoms with Gasteiger partial charge in [0.2, 0.25) is 0 Å². The topological polar surface area (TPSA) is 55.4 Å². The number of carbonyl (C=O) groups is 2. The second-order valence-electron chi connectivity index (χ2n) is 5.92. The molecule has 1 N–H and O–H groups in total. The van der Waals surface area contributed by atoms with Crippen molar-refractivity contribution in [2.24, 2.45) is 0 Å². The Hall–Kier alpha value is -2.66. The summed E-state index contributed by atoms with van der Waals surface area (Å²) in [5.74, 6) is -0.790. The van der Waals surface area contributed by atoms with Gasteiger partial charge in [-0.3, -0.25) is 4.79 Å². The van der Waals surface area contributed by atoms with Crippen molar-refractivity contribution >= 4 is 44.3 Å². The van der Waals surface area contributed by atoms with Crippen molar-refractivity contribution in [3.63, 3.8) is 0 Å². The van der Waals surface area contributed by atoms with Crippen LogP contribution in [0.5, 0.6) is 0 Å². The first kappa shape index (κ1) is 15.8. The molecule has 1 atom stereocenters. The molecule has 3 aromatic carbocycles. The van der Waals surface area contributed by atoms with Gasteiger partial charge in [0, 0.05) is 22.0 Å². The lowest BCUT2D eigenvalue weighted by Crippen LogP contribution is -2.38. The van der Waals surface area contributed by atoms with Crippen LogP contribution >= 0.6 is 15.9 Å². The molecule has 1 heterocycles. The highest BCUT2D eigenvalue weighted by molar-refractivity contribution is 9.10. The summed E-state index contributed by atoms with van der Waals surface area (Å²) in [6.07, 6.45) is -0.481. The van der Waals surface area contributed by atoms with Crippen molar-refractivity contribution in [3.8, 4) is 0 Å². The molecular formula is C20H14BrNO3. The number of anilines is 1. The molecule has 0 saturated heterocycles. The zero-order valence-corrected chi connectivity index (χ0v) is 14.7. The zero-order valence-electron chi connectivity index (χ0n) is 13.2. The van der Waals surface area contributed by atoms with Gasteiger partial charge in [-0.2, -0.15) is 0 Å². The Bertz CT molecular complexity index is 994. The molecule has 25 heavy (non-hydrogen) atoms. The Morgan fingerprint density at radius 1 is 1.08 bits per heavy atom. The van der Waals surface area contributed by atoms with E-state index in [-0.39, 0.29) is 5.91 Å². The zero-order chi connectivity index (χ0) is 17.4. The van der Waals surface area contributed by atoms with E-state index in [2.05, 4.69) is 21.2 Å². The van der Waals surface area contributed by atoms with Gasteiger partial charge in [-0.05, 0) is 35.2 Å². The van der Waals surface area contributed by atoms with Crippen LogP contribution in [0.2, 0.25) is 0 Å². The van der Waals surface area contributed by atoms with Crippen molar-refractivity contribution in [2.45, 2.75) is 12.5 Å². The van der Waals surface area contributed by atoms with Gasteiger partial charge in [-0.1, -0.05) is 52.3 Å². The standard InChI is InChI=1S/C20H14BrNO3/c21-14-8-9-16-13(10-14)11-18(25-20(16)24)19(23)22-17-7-3-5-12-4-1-2-6-15(12)17/h1-10,18H,11H2,(H,22,23). The van der Waals surface area contributed by atoms with Crippen LogP contribution in [0.4, 0.5) is 5.69 Å². The van der Waals surface area contributed by atoms with Crippen molar-refractivity contribution < 1.29 is 14.3 Å². The fourth-order valence-electron chi connectivity index (χ4n) is 3.06. The number of amides is 1. The first-order valence-electron chi connectivity index (χ1n) is 7.90. The lowest BCUT2D eigenvalue weighted by atomic mass is 9.98. The third-order valence-electron chi connectivity index (χ3n) is 4.28. The van der Waals surface area contributed by atoms with Gasteiger partial charge in [0.1, 0.15) is 0 Å². The Labute approximate surface area is 152 Å². The molecule has 0 spiro atoms. The van der Waals surface area contributed by atoms with Crippen LogP contribution in [-0.2, 0) is 16.0 Å². The maximum Gasteiger partial charge on any atom is 0.339 e. The molecule has 0 bridgehead atoms. The van der Waals surface area contributed by atoms with Gasteiger partial charge in [-0.15, -0.1) is 0 Å². The lowest BCUT2D eigenvalue weighted by molar-refractivity contribution is -0.125. The van der Waals surface area contributed by atoms with Crippen LogP contribution in [0.25, 0.3) is 10.8 Å². The van der Waals surface area contributed by atoms with Crippen molar-refractivity contribution in [1.29, 1.82) is 0 Å². The molecule has 5 heteroatoms. The second-order valence-corrected chi connectivity index (χ2v) is 6.83. The highest BCUT2D eigenvalue weighted by Crippen LogP contribution is 2.27. The van der Waals surface area contributed by atoms with E-state index in [1.54, 1.807) is 12.1 Å². The molecular weight excluding hydrogens is 382 g/mol. The predicted molar refractivity (Wildman–Crippen MR) is 99.6 cm³/mol. The Balaban J connectivity index is 1.60. The summed E-state index contributed by atoms with van der Waals surface area (Å²) in [6.45, 7) is 0. The maximum atomic E-state index is 12.7. The van der Waals surface area contributed by atoms with Gasteiger partial charge in [0.05, 0.1) is 5.56 Å². The third-order valence-corrected chi connectivity index (χ3v) is 4.77. The Morgan fingerprint density at radius 2 is 1.88 bits per heavy atom. The number of ether oxygens (including phenoxy) is 1. The quantitative estimate of drug-likeness (QED) is 0.657. The van der Waals surface area contributed by atoms with E-state index in [0.717, 1.165) is 20.8 Å². The van der Waals surface area contributed by atoms with Gasteiger partial charge < -0.3 is 10.1 Å². The van der Waals surface area contributed by atoms with E-state index in [1.807, 2.05) is 48.5 Å². The molecule has 1 unspecified atom stereocenters. The van der Waals surface area contributed by atoms with E-state index >= 15 is 0 Å². The third kappa shape index (κ3) is 3.03. The highest BCUT2D eigenvalue weighted by atomic mass is 79.9. The average molecular weight is 396 g/mol. The molecule has 0 aliphatic carbocycles. The van der Waals surface area contributed by atoms with Crippen LogP contribution in [0.1, 0.15) is 15.9 Å². The first-order chi connectivity index (χ1) is 12.1. The smallest absolute Gasteiger partial charge is 0.339 e. The van der Waals surface area contributed by atoms with Crippen LogP contribution < -0.4 is 5.32 Å². The molecule has 4 rings (SSSR count). The van der Waals surface area contributed by atoms with Crippen molar-refractivity contribution in [1.82, 2.24) is 0 Å². The predicted octanol–water partition coefficient (Wildman–Crippen LogP) is 4.32. The number of hydrogen-bond acceptors (Lipinski definition) is 3. The first-order valence-corrected chi connectivity index (χ1v) is 8.69. The lowest BCUT2D eigenvalue weighted by Gasteiger charge is -2.24. The van der Waals surface area contributed by atoms with Crippen LogP contribution in [0.3, 0.4) is 0 Å². The van der Waals surface area contributed by atoms with Crippen LogP contribution in [-0.4, -0.2) is 18.0 Å². The number of benzene rings is 3. The van der Waals surface area contributed by atoms with E-state index in [4.69, 9.17) is 4.74 Å². The monoisotopic (exact) mass is 395 g/mol. The van der Waals surface area contributed by atoms with Gasteiger partial charge >= 0.3 is 5.97 Å².